The summed E-state index contributed by atoms with van der Waals surface area (Å²) in [5.74, 6) is 2.44. The summed E-state index contributed by atoms with van der Waals surface area (Å²) in [6.07, 6.45) is 3.43. The van der Waals surface area contributed by atoms with Crippen molar-refractivity contribution in [3.8, 4) is 11.5 Å². The van der Waals surface area contributed by atoms with Crippen molar-refractivity contribution in [2.24, 2.45) is 5.92 Å². The van der Waals surface area contributed by atoms with Gasteiger partial charge in [-0.15, -0.1) is 0 Å². The summed E-state index contributed by atoms with van der Waals surface area (Å²) >= 11 is 0. The fourth-order valence-electron chi connectivity index (χ4n) is 2.57. The van der Waals surface area contributed by atoms with E-state index in [1.165, 1.54) is 12.0 Å². The fourth-order valence-corrected chi connectivity index (χ4v) is 2.57. The number of benzene rings is 1. The molecule has 1 aromatic carbocycles. The molecular formula is C17H27NO2. The van der Waals surface area contributed by atoms with Crippen LogP contribution in [-0.2, 0) is 6.42 Å². The van der Waals surface area contributed by atoms with Crippen LogP contribution in [0, 0.1) is 5.92 Å². The molecule has 2 rings (SSSR count). The average Bonchev–Trinajstić information content (AvgIpc) is 2.46. The van der Waals surface area contributed by atoms with Crippen LogP contribution in [0.1, 0.15) is 39.2 Å². The summed E-state index contributed by atoms with van der Waals surface area (Å²) in [7, 11) is 0. The Hall–Kier alpha value is -1.22. The van der Waals surface area contributed by atoms with Crippen molar-refractivity contribution in [2.75, 3.05) is 19.8 Å². The first-order valence-electron chi connectivity index (χ1n) is 7.82. The Bertz CT molecular complexity index is 417. The second-order valence-corrected chi connectivity index (χ2v) is 5.82. The highest BCUT2D eigenvalue weighted by Gasteiger charge is 2.14. The van der Waals surface area contributed by atoms with Crippen LogP contribution in [0.3, 0.4) is 0 Å². The summed E-state index contributed by atoms with van der Waals surface area (Å²) in [4.78, 5) is 0. The number of aryl methyl sites for hydroxylation is 1. The molecule has 1 aliphatic rings. The molecule has 1 aromatic rings. The van der Waals surface area contributed by atoms with Crippen LogP contribution in [0.4, 0.5) is 0 Å². The molecule has 0 saturated carbocycles. The Kier molecular flexibility index (Phi) is 5.72. The minimum Gasteiger partial charge on any atom is -0.486 e. The predicted octanol–water partition coefficient (Wildman–Crippen LogP) is 3.41. The van der Waals surface area contributed by atoms with E-state index in [1.807, 2.05) is 6.07 Å². The van der Waals surface area contributed by atoms with E-state index in [4.69, 9.17) is 9.47 Å². The molecule has 0 spiro atoms. The fraction of sp³-hybridized carbons (Fsp3) is 0.647. The third-order valence-electron chi connectivity index (χ3n) is 3.81. The van der Waals surface area contributed by atoms with E-state index >= 15 is 0 Å². The van der Waals surface area contributed by atoms with E-state index in [0.717, 1.165) is 30.9 Å². The first-order chi connectivity index (χ1) is 9.70. The van der Waals surface area contributed by atoms with Crippen molar-refractivity contribution in [2.45, 2.75) is 46.1 Å². The molecule has 1 unspecified atom stereocenters. The van der Waals surface area contributed by atoms with E-state index in [-0.39, 0.29) is 0 Å². The van der Waals surface area contributed by atoms with Crippen molar-refractivity contribution >= 4 is 0 Å². The van der Waals surface area contributed by atoms with Crippen LogP contribution < -0.4 is 14.8 Å². The highest BCUT2D eigenvalue weighted by atomic mass is 16.6. The van der Waals surface area contributed by atoms with E-state index in [2.05, 4.69) is 38.2 Å². The van der Waals surface area contributed by atoms with Crippen molar-refractivity contribution in [3.63, 3.8) is 0 Å². The Balaban J connectivity index is 1.92. The molecule has 20 heavy (non-hydrogen) atoms. The predicted molar refractivity (Wildman–Crippen MR) is 82.7 cm³/mol. The van der Waals surface area contributed by atoms with Crippen LogP contribution in [0.15, 0.2) is 18.2 Å². The molecule has 1 N–H and O–H groups in total. The van der Waals surface area contributed by atoms with Gasteiger partial charge in [0.25, 0.3) is 0 Å². The third-order valence-corrected chi connectivity index (χ3v) is 3.81. The zero-order valence-corrected chi connectivity index (χ0v) is 12.9. The second-order valence-electron chi connectivity index (χ2n) is 5.82. The number of nitrogens with one attached hydrogen (secondary N) is 1. The SMILES string of the molecule is CCCNC(CCc1ccc2c(c1)OCCO2)C(C)C. The highest BCUT2D eigenvalue weighted by molar-refractivity contribution is 5.43. The standard InChI is InChI=1S/C17H27NO2/c1-4-9-18-15(13(2)3)7-5-14-6-8-16-17(12-14)20-11-10-19-16/h6,8,12-13,15,18H,4-5,7,9-11H2,1-3H3. The summed E-state index contributed by atoms with van der Waals surface area (Å²) in [5, 5.41) is 3.65. The third kappa shape index (κ3) is 4.14. The van der Waals surface area contributed by atoms with Crippen LogP contribution in [-0.4, -0.2) is 25.8 Å². The van der Waals surface area contributed by atoms with Gasteiger partial charge in [-0.05, 0) is 49.4 Å². The van der Waals surface area contributed by atoms with Crippen LogP contribution in [0.25, 0.3) is 0 Å². The Labute approximate surface area is 122 Å². The van der Waals surface area contributed by atoms with Gasteiger partial charge in [0, 0.05) is 6.04 Å². The molecule has 0 saturated heterocycles. The van der Waals surface area contributed by atoms with Gasteiger partial charge in [0.1, 0.15) is 13.2 Å². The second kappa shape index (κ2) is 7.53. The number of hydrogen-bond donors (Lipinski definition) is 1. The molecule has 0 amide bonds. The molecule has 0 fully saturated rings. The molecule has 0 aliphatic carbocycles. The van der Waals surface area contributed by atoms with Crippen molar-refractivity contribution in [1.29, 1.82) is 0 Å². The van der Waals surface area contributed by atoms with E-state index in [1.54, 1.807) is 0 Å². The topological polar surface area (TPSA) is 30.5 Å². The first kappa shape index (κ1) is 15.2. The van der Waals surface area contributed by atoms with Gasteiger partial charge >= 0.3 is 0 Å². The minimum atomic E-state index is 0.586. The molecule has 1 heterocycles. The van der Waals surface area contributed by atoms with Crippen molar-refractivity contribution < 1.29 is 9.47 Å². The van der Waals surface area contributed by atoms with Crippen LogP contribution in [0.2, 0.25) is 0 Å². The average molecular weight is 277 g/mol. The minimum absolute atomic E-state index is 0.586. The largest absolute Gasteiger partial charge is 0.486 e. The van der Waals surface area contributed by atoms with Gasteiger partial charge in [0.15, 0.2) is 11.5 Å². The number of fused-ring (bicyclic) bond motifs is 1. The van der Waals surface area contributed by atoms with Crippen molar-refractivity contribution in [3.05, 3.63) is 23.8 Å². The lowest BCUT2D eigenvalue weighted by molar-refractivity contribution is 0.171. The number of ether oxygens (including phenoxy) is 2. The maximum absolute atomic E-state index is 5.64. The Morgan fingerprint density at radius 1 is 1.15 bits per heavy atom. The molecule has 0 aromatic heterocycles. The molecule has 3 heteroatoms. The van der Waals surface area contributed by atoms with Gasteiger partial charge in [0.2, 0.25) is 0 Å². The summed E-state index contributed by atoms with van der Waals surface area (Å²) in [5.41, 5.74) is 1.33. The van der Waals surface area contributed by atoms with Gasteiger partial charge in [0.05, 0.1) is 0 Å². The van der Waals surface area contributed by atoms with Gasteiger partial charge in [-0.25, -0.2) is 0 Å². The van der Waals surface area contributed by atoms with Gasteiger partial charge in [-0.1, -0.05) is 26.8 Å². The molecule has 112 valence electrons. The van der Waals surface area contributed by atoms with Crippen molar-refractivity contribution in [1.82, 2.24) is 5.32 Å². The molecule has 1 aliphatic heterocycles. The van der Waals surface area contributed by atoms with Crippen LogP contribution >= 0.6 is 0 Å². The number of rotatable bonds is 7. The molecule has 3 nitrogen and oxygen atoms in total. The first-order valence-corrected chi connectivity index (χ1v) is 7.82. The smallest absolute Gasteiger partial charge is 0.161 e. The lowest BCUT2D eigenvalue weighted by atomic mass is 9.96. The highest BCUT2D eigenvalue weighted by Crippen LogP contribution is 2.31. The molecule has 0 radical (unpaired) electrons. The zero-order valence-electron chi connectivity index (χ0n) is 12.9. The lowest BCUT2D eigenvalue weighted by Gasteiger charge is -2.23. The molecule has 1 atom stereocenters. The van der Waals surface area contributed by atoms with E-state index < -0.39 is 0 Å². The Morgan fingerprint density at radius 2 is 1.90 bits per heavy atom. The van der Waals surface area contributed by atoms with Gasteiger partial charge < -0.3 is 14.8 Å². The molecular weight excluding hydrogens is 250 g/mol. The maximum atomic E-state index is 5.64. The van der Waals surface area contributed by atoms with Crippen LogP contribution in [0.5, 0.6) is 11.5 Å². The van der Waals surface area contributed by atoms with E-state index in [9.17, 15) is 0 Å². The summed E-state index contributed by atoms with van der Waals surface area (Å²) < 4.78 is 11.2. The summed E-state index contributed by atoms with van der Waals surface area (Å²) in [6, 6.07) is 6.91. The maximum Gasteiger partial charge on any atom is 0.161 e. The normalized spacial score (nSPS) is 15.4. The quantitative estimate of drug-likeness (QED) is 0.828. The number of hydrogen-bond acceptors (Lipinski definition) is 3. The van der Waals surface area contributed by atoms with E-state index in [0.29, 0.717) is 25.2 Å². The van der Waals surface area contributed by atoms with Gasteiger partial charge in [-0.3, -0.25) is 0 Å². The summed E-state index contributed by atoms with van der Waals surface area (Å²) in [6.45, 7) is 9.20. The lowest BCUT2D eigenvalue weighted by Crippen LogP contribution is -2.34. The Morgan fingerprint density at radius 3 is 2.60 bits per heavy atom. The van der Waals surface area contributed by atoms with Gasteiger partial charge in [-0.2, -0.15) is 0 Å². The zero-order chi connectivity index (χ0) is 14.4. The monoisotopic (exact) mass is 277 g/mol. The molecule has 0 bridgehead atoms.